The zero-order chi connectivity index (χ0) is 23.0. The van der Waals surface area contributed by atoms with Gasteiger partial charge in [0.15, 0.2) is 0 Å². The SMILES string of the molecule is O=C(CCc1ccccc1)N1CCC(C(=O)N2CCN(C(=O)CN3CCOCC3)CC2)CC1. The molecule has 8 heteroatoms. The van der Waals surface area contributed by atoms with E-state index < -0.39 is 0 Å². The van der Waals surface area contributed by atoms with Crippen molar-refractivity contribution in [2.24, 2.45) is 5.92 Å². The Morgan fingerprint density at radius 1 is 0.758 bits per heavy atom. The predicted molar refractivity (Wildman–Crippen MR) is 124 cm³/mol. The normalized spacial score (nSPS) is 20.7. The molecule has 3 fully saturated rings. The maximum atomic E-state index is 13.0. The standard InChI is InChI=1S/C25H36N4O4/c30-23(7-6-21-4-2-1-3-5-21)27-10-8-22(9-11-27)25(32)29-14-12-28(13-15-29)24(31)20-26-16-18-33-19-17-26/h1-5,22H,6-20H2. The van der Waals surface area contributed by atoms with Gasteiger partial charge in [-0.25, -0.2) is 0 Å². The number of hydrogen-bond donors (Lipinski definition) is 0. The summed E-state index contributed by atoms with van der Waals surface area (Å²) >= 11 is 0. The summed E-state index contributed by atoms with van der Waals surface area (Å²) in [6.45, 7) is 7.14. The Morgan fingerprint density at radius 2 is 1.36 bits per heavy atom. The van der Waals surface area contributed by atoms with Crippen LogP contribution in [0.2, 0.25) is 0 Å². The number of morpholine rings is 1. The van der Waals surface area contributed by atoms with Crippen LogP contribution in [-0.2, 0) is 25.5 Å². The third-order valence-corrected chi connectivity index (χ3v) is 7.07. The molecule has 180 valence electrons. The maximum absolute atomic E-state index is 13.0. The molecule has 0 aliphatic carbocycles. The second kappa shape index (κ2) is 11.6. The number of hydrogen-bond acceptors (Lipinski definition) is 5. The topological polar surface area (TPSA) is 73.4 Å². The van der Waals surface area contributed by atoms with E-state index in [-0.39, 0.29) is 23.6 Å². The van der Waals surface area contributed by atoms with Crippen molar-refractivity contribution in [3.63, 3.8) is 0 Å². The van der Waals surface area contributed by atoms with Crippen molar-refractivity contribution in [1.82, 2.24) is 19.6 Å². The summed E-state index contributed by atoms with van der Waals surface area (Å²) in [6.07, 6.45) is 2.73. The molecule has 3 heterocycles. The highest BCUT2D eigenvalue weighted by Gasteiger charge is 2.32. The first-order chi connectivity index (χ1) is 16.1. The van der Waals surface area contributed by atoms with Gasteiger partial charge in [-0.3, -0.25) is 19.3 Å². The van der Waals surface area contributed by atoms with E-state index in [0.717, 1.165) is 32.4 Å². The van der Waals surface area contributed by atoms with Gasteiger partial charge in [0.1, 0.15) is 0 Å². The number of carbonyl (C=O) groups excluding carboxylic acids is 3. The van der Waals surface area contributed by atoms with Crippen molar-refractivity contribution in [3.05, 3.63) is 35.9 Å². The molecule has 0 saturated carbocycles. The van der Waals surface area contributed by atoms with Crippen LogP contribution in [0.1, 0.15) is 24.8 Å². The lowest BCUT2D eigenvalue weighted by atomic mass is 9.94. The van der Waals surface area contributed by atoms with Gasteiger partial charge in [-0.2, -0.15) is 0 Å². The summed E-state index contributed by atoms with van der Waals surface area (Å²) in [5.41, 5.74) is 1.18. The number of carbonyl (C=O) groups is 3. The van der Waals surface area contributed by atoms with Crippen molar-refractivity contribution in [1.29, 1.82) is 0 Å². The highest BCUT2D eigenvalue weighted by molar-refractivity contribution is 5.81. The quantitative estimate of drug-likeness (QED) is 0.635. The first-order valence-corrected chi connectivity index (χ1v) is 12.3. The first-order valence-electron chi connectivity index (χ1n) is 12.3. The minimum Gasteiger partial charge on any atom is -0.379 e. The van der Waals surface area contributed by atoms with E-state index in [9.17, 15) is 14.4 Å². The Labute approximate surface area is 196 Å². The molecular formula is C25H36N4O4. The van der Waals surface area contributed by atoms with Crippen LogP contribution in [0, 0.1) is 5.92 Å². The summed E-state index contributed by atoms with van der Waals surface area (Å²) in [5, 5.41) is 0. The van der Waals surface area contributed by atoms with E-state index in [1.54, 1.807) is 0 Å². The van der Waals surface area contributed by atoms with Crippen molar-refractivity contribution >= 4 is 17.7 Å². The van der Waals surface area contributed by atoms with E-state index in [1.807, 2.05) is 45.0 Å². The molecule has 0 atom stereocenters. The number of likely N-dealkylation sites (tertiary alicyclic amines) is 1. The fourth-order valence-electron chi connectivity index (χ4n) is 4.91. The molecular weight excluding hydrogens is 420 g/mol. The fraction of sp³-hybridized carbons (Fsp3) is 0.640. The Morgan fingerprint density at radius 3 is 2.03 bits per heavy atom. The molecule has 0 spiro atoms. The molecule has 0 bridgehead atoms. The van der Waals surface area contributed by atoms with E-state index in [2.05, 4.69) is 4.90 Å². The third kappa shape index (κ3) is 6.54. The minimum atomic E-state index is -0.0150. The Balaban J connectivity index is 1.15. The van der Waals surface area contributed by atoms with Gasteiger partial charge in [0.25, 0.3) is 0 Å². The molecule has 3 aliphatic heterocycles. The average molecular weight is 457 g/mol. The van der Waals surface area contributed by atoms with Gasteiger partial charge in [-0.1, -0.05) is 30.3 Å². The van der Waals surface area contributed by atoms with E-state index in [0.29, 0.717) is 65.4 Å². The summed E-state index contributed by atoms with van der Waals surface area (Å²) in [6, 6.07) is 10.1. The van der Waals surface area contributed by atoms with E-state index in [1.165, 1.54) is 5.56 Å². The molecule has 0 aromatic heterocycles. The zero-order valence-corrected chi connectivity index (χ0v) is 19.5. The lowest BCUT2D eigenvalue weighted by Gasteiger charge is -2.39. The number of ether oxygens (including phenoxy) is 1. The Hall–Kier alpha value is -2.45. The minimum absolute atomic E-state index is 0.0150. The average Bonchev–Trinajstić information content (AvgIpc) is 2.88. The molecule has 4 rings (SSSR count). The predicted octanol–water partition coefficient (Wildman–Crippen LogP) is 0.861. The van der Waals surface area contributed by atoms with Crippen LogP contribution in [0.4, 0.5) is 0 Å². The maximum Gasteiger partial charge on any atom is 0.236 e. The van der Waals surface area contributed by atoms with Crippen LogP contribution in [0.5, 0.6) is 0 Å². The van der Waals surface area contributed by atoms with Crippen LogP contribution in [0.15, 0.2) is 30.3 Å². The van der Waals surface area contributed by atoms with Crippen LogP contribution in [-0.4, -0.2) is 109 Å². The second-order valence-electron chi connectivity index (χ2n) is 9.24. The number of benzene rings is 1. The van der Waals surface area contributed by atoms with Crippen molar-refractivity contribution in [2.45, 2.75) is 25.7 Å². The molecule has 3 aliphatic rings. The highest BCUT2D eigenvalue weighted by atomic mass is 16.5. The van der Waals surface area contributed by atoms with Crippen molar-refractivity contribution in [2.75, 3.05) is 72.1 Å². The summed E-state index contributed by atoms with van der Waals surface area (Å²) in [7, 11) is 0. The van der Waals surface area contributed by atoms with Crippen LogP contribution in [0.25, 0.3) is 0 Å². The highest BCUT2D eigenvalue weighted by Crippen LogP contribution is 2.21. The van der Waals surface area contributed by atoms with Gasteiger partial charge in [-0.15, -0.1) is 0 Å². The monoisotopic (exact) mass is 456 g/mol. The smallest absolute Gasteiger partial charge is 0.236 e. The number of piperazine rings is 1. The van der Waals surface area contributed by atoms with Crippen molar-refractivity contribution < 1.29 is 19.1 Å². The summed E-state index contributed by atoms with van der Waals surface area (Å²) < 4.78 is 5.34. The Kier molecular flexibility index (Phi) is 8.34. The largest absolute Gasteiger partial charge is 0.379 e. The van der Waals surface area contributed by atoms with Crippen LogP contribution < -0.4 is 0 Å². The van der Waals surface area contributed by atoms with Crippen LogP contribution >= 0.6 is 0 Å². The molecule has 0 unspecified atom stereocenters. The van der Waals surface area contributed by atoms with Gasteiger partial charge < -0.3 is 19.4 Å². The number of aryl methyl sites for hydroxylation is 1. The number of amides is 3. The van der Waals surface area contributed by atoms with Gasteiger partial charge in [0.2, 0.25) is 17.7 Å². The number of rotatable bonds is 6. The number of piperidine rings is 1. The molecule has 3 amide bonds. The number of nitrogens with zero attached hydrogens (tertiary/aromatic N) is 4. The molecule has 3 saturated heterocycles. The molecule has 0 radical (unpaired) electrons. The summed E-state index contributed by atoms with van der Waals surface area (Å²) in [5.74, 6) is 0.494. The Bertz CT molecular complexity index is 796. The molecule has 0 N–H and O–H groups in total. The van der Waals surface area contributed by atoms with Gasteiger partial charge >= 0.3 is 0 Å². The second-order valence-corrected chi connectivity index (χ2v) is 9.24. The molecule has 8 nitrogen and oxygen atoms in total. The lowest BCUT2D eigenvalue weighted by Crippen LogP contribution is -2.55. The van der Waals surface area contributed by atoms with Gasteiger partial charge in [0.05, 0.1) is 19.8 Å². The zero-order valence-electron chi connectivity index (χ0n) is 19.5. The van der Waals surface area contributed by atoms with Gasteiger partial charge in [0, 0.05) is 64.7 Å². The molecule has 1 aromatic carbocycles. The molecule has 33 heavy (non-hydrogen) atoms. The summed E-state index contributed by atoms with van der Waals surface area (Å²) in [4.78, 5) is 46.0. The van der Waals surface area contributed by atoms with Crippen LogP contribution in [0.3, 0.4) is 0 Å². The third-order valence-electron chi connectivity index (χ3n) is 7.07. The van der Waals surface area contributed by atoms with E-state index >= 15 is 0 Å². The molecule has 1 aromatic rings. The van der Waals surface area contributed by atoms with Gasteiger partial charge in [-0.05, 0) is 24.8 Å². The van der Waals surface area contributed by atoms with E-state index in [4.69, 9.17) is 4.74 Å². The van der Waals surface area contributed by atoms with Crippen molar-refractivity contribution in [3.8, 4) is 0 Å². The first kappa shape index (κ1) is 23.7. The fourth-order valence-corrected chi connectivity index (χ4v) is 4.91. The lowest BCUT2D eigenvalue weighted by molar-refractivity contribution is -0.145.